The van der Waals surface area contributed by atoms with Crippen molar-refractivity contribution in [3.63, 3.8) is 0 Å². The van der Waals surface area contributed by atoms with Crippen LogP contribution in [0.15, 0.2) is 0 Å². The molecule has 0 amide bonds. The van der Waals surface area contributed by atoms with Crippen molar-refractivity contribution in [3.8, 4) is 0 Å². The van der Waals surface area contributed by atoms with Crippen molar-refractivity contribution in [1.82, 2.24) is 4.72 Å². The number of rotatable bonds is 2. The molecule has 0 bridgehead atoms. The maximum Gasteiger partial charge on any atom is 0.115 e. The Morgan fingerprint density at radius 2 is 2.33 bits per heavy atom. The topological polar surface area (TPSA) is 35.1 Å². The van der Waals surface area contributed by atoms with E-state index >= 15 is 0 Å². The SMILES string of the molecule is CCN[S@@+](C)[O-]. The highest BCUT2D eigenvalue weighted by atomic mass is 32.2. The first-order valence-electron chi connectivity index (χ1n) is 1.84. The number of hydrogen-bond donors (Lipinski definition) is 1. The predicted octanol–water partition coefficient (Wildman–Crippen LogP) is -0.111. The van der Waals surface area contributed by atoms with E-state index in [0.717, 1.165) is 6.54 Å². The van der Waals surface area contributed by atoms with Gasteiger partial charge >= 0.3 is 0 Å². The van der Waals surface area contributed by atoms with Gasteiger partial charge in [-0.05, 0) is 6.92 Å². The zero-order chi connectivity index (χ0) is 4.99. The fourth-order valence-corrected chi connectivity index (χ4v) is 0.610. The van der Waals surface area contributed by atoms with Crippen molar-refractivity contribution >= 4 is 11.4 Å². The highest BCUT2D eigenvalue weighted by Crippen LogP contribution is 1.67. The minimum Gasteiger partial charge on any atom is -0.598 e. The highest BCUT2D eigenvalue weighted by Gasteiger charge is 1.85. The van der Waals surface area contributed by atoms with Crippen molar-refractivity contribution in [1.29, 1.82) is 0 Å². The smallest absolute Gasteiger partial charge is 0.115 e. The lowest BCUT2D eigenvalue weighted by Crippen LogP contribution is -2.20. The van der Waals surface area contributed by atoms with Crippen LogP contribution in [-0.2, 0) is 11.4 Å². The van der Waals surface area contributed by atoms with Gasteiger partial charge in [0.15, 0.2) is 0 Å². The zero-order valence-electron chi connectivity index (χ0n) is 4.02. The van der Waals surface area contributed by atoms with E-state index in [9.17, 15) is 4.55 Å². The van der Waals surface area contributed by atoms with Crippen molar-refractivity contribution in [2.24, 2.45) is 0 Å². The van der Waals surface area contributed by atoms with Crippen molar-refractivity contribution in [3.05, 3.63) is 0 Å². The first-order valence-corrected chi connectivity index (χ1v) is 3.40. The van der Waals surface area contributed by atoms with E-state index in [-0.39, 0.29) is 0 Å². The average molecular weight is 107 g/mol. The normalized spacial score (nSPS) is 14.5. The third-order valence-electron chi connectivity index (χ3n) is 0.348. The summed E-state index contributed by atoms with van der Waals surface area (Å²) >= 11 is -0.816. The van der Waals surface area contributed by atoms with Crippen molar-refractivity contribution in [2.75, 3.05) is 12.8 Å². The van der Waals surface area contributed by atoms with Gasteiger partial charge < -0.3 is 4.55 Å². The summed E-state index contributed by atoms with van der Waals surface area (Å²) in [5, 5.41) is 0. The van der Waals surface area contributed by atoms with Gasteiger partial charge in [0.1, 0.15) is 6.26 Å². The molecule has 0 fully saturated rings. The van der Waals surface area contributed by atoms with E-state index < -0.39 is 11.4 Å². The Kier molecular flexibility index (Phi) is 3.62. The van der Waals surface area contributed by atoms with Gasteiger partial charge in [0.2, 0.25) is 0 Å². The molecule has 0 aliphatic carbocycles. The Morgan fingerprint density at radius 3 is 2.33 bits per heavy atom. The molecule has 0 aromatic carbocycles. The highest BCUT2D eigenvalue weighted by molar-refractivity contribution is 7.88. The van der Waals surface area contributed by atoms with Gasteiger partial charge in [-0.15, -0.1) is 4.72 Å². The third kappa shape index (κ3) is 4.27. The zero-order valence-corrected chi connectivity index (χ0v) is 4.84. The molecule has 0 rings (SSSR count). The molecule has 2 nitrogen and oxygen atoms in total. The van der Waals surface area contributed by atoms with Gasteiger partial charge in [-0.2, -0.15) is 0 Å². The lowest BCUT2D eigenvalue weighted by atomic mass is 10.8. The van der Waals surface area contributed by atoms with Crippen LogP contribution in [0.1, 0.15) is 6.92 Å². The van der Waals surface area contributed by atoms with Crippen LogP contribution in [0, 0.1) is 0 Å². The molecule has 0 unspecified atom stereocenters. The second-order valence-corrected chi connectivity index (χ2v) is 2.15. The molecule has 0 aromatic heterocycles. The van der Waals surface area contributed by atoms with Crippen LogP contribution in [0.3, 0.4) is 0 Å². The Bertz CT molecular complexity index is 32.0. The molecule has 0 saturated heterocycles. The Hall–Kier alpha value is 0.270. The van der Waals surface area contributed by atoms with E-state index in [4.69, 9.17) is 0 Å². The van der Waals surface area contributed by atoms with Gasteiger partial charge in [-0.3, -0.25) is 0 Å². The van der Waals surface area contributed by atoms with E-state index in [2.05, 4.69) is 4.72 Å². The molecule has 0 aliphatic rings. The Morgan fingerprint density at radius 1 is 1.83 bits per heavy atom. The summed E-state index contributed by atoms with van der Waals surface area (Å²) in [5.74, 6) is 0. The summed E-state index contributed by atoms with van der Waals surface area (Å²) in [6, 6.07) is 0. The quantitative estimate of drug-likeness (QED) is 0.500. The van der Waals surface area contributed by atoms with Crippen molar-refractivity contribution < 1.29 is 4.55 Å². The second-order valence-electron chi connectivity index (χ2n) is 0.952. The average Bonchev–Trinajstić information content (AvgIpc) is 1.35. The van der Waals surface area contributed by atoms with Gasteiger partial charge in [-0.25, -0.2) is 0 Å². The fraction of sp³-hybridized carbons (Fsp3) is 1.00. The molecule has 0 aromatic rings. The van der Waals surface area contributed by atoms with Gasteiger partial charge in [-0.1, -0.05) is 0 Å². The van der Waals surface area contributed by atoms with Gasteiger partial charge in [0.25, 0.3) is 0 Å². The molecular formula is C3H9NOS. The first kappa shape index (κ1) is 6.27. The Balaban J connectivity index is 2.63. The summed E-state index contributed by atoms with van der Waals surface area (Å²) in [4.78, 5) is 0. The minimum atomic E-state index is -0.816. The molecule has 6 heavy (non-hydrogen) atoms. The standard InChI is InChI=1S/C3H9NOS/c1-3-4-6(2)5/h4H,3H2,1-2H3/t6-/m1/s1. The van der Waals surface area contributed by atoms with Crippen molar-refractivity contribution in [2.45, 2.75) is 6.92 Å². The minimum absolute atomic E-state index is 0.781. The summed E-state index contributed by atoms with van der Waals surface area (Å²) in [6.45, 7) is 2.70. The molecule has 0 spiro atoms. The summed E-state index contributed by atoms with van der Waals surface area (Å²) < 4.78 is 12.7. The number of nitrogens with one attached hydrogen (secondary N) is 1. The molecule has 3 heteroatoms. The third-order valence-corrected chi connectivity index (χ3v) is 1.04. The Labute approximate surface area is 41.2 Å². The largest absolute Gasteiger partial charge is 0.598 e. The molecule has 1 N–H and O–H groups in total. The lowest BCUT2D eigenvalue weighted by molar-refractivity contribution is 0.589. The molecular weight excluding hydrogens is 98.1 g/mol. The molecule has 38 valence electrons. The fourth-order valence-electron chi connectivity index (χ4n) is 0.203. The summed E-state index contributed by atoms with van der Waals surface area (Å²) in [6.07, 6.45) is 1.61. The molecule has 0 heterocycles. The van der Waals surface area contributed by atoms with Crippen LogP contribution >= 0.6 is 0 Å². The van der Waals surface area contributed by atoms with E-state index in [1.807, 2.05) is 6.92 Å². The second kappa shape index (κ2) is 3.46. The van der Waals surface area contributed by atoms with E-state index in [1.165, 1.54) is 0 Å². The van der Waals surface area contributed by atoms with Crippen LogP contribution in [0.4, 0.5) is 0 Å². The monoisotopic (exact) mass is 107 g/mol. The van der Waals surface area contributed by atoms with E-state index in [1.54, 1.807) is 6.26 Å². The number of hydrogen-bond acceptors (Lipinski definition) is 2. The molecule has 1 atom stereocenters. The lowest BCUT2D eigenvalue weighted by Gasteiger charge is -1.99. The predicted molar refractivity (Wildman–Crippen MR) is 27.7 cm³/mol. The molecule has 0 aliphatic heterocycles. The van der Waals surface area contributed by atoms with E-state index in [0.29, 0.717) is 0 Å². The molecule has 0 radical (unpaired) electrons. The van der Waals surface area contributed by atoms with Crippen LogP contribution in [0.2, 0.25) is 0 Å². The molecule has 0 saturated carbocycles. The summed E-state index contributed by atoms with van der Waals surface area (Å²) in [5.41, 5.74) is 0. The van der Waals surface area contributed by atoms with Gasteiger partial charge in [0.05, 0.1) is 0 Å². The summed E-state index contributed by atoms with van der Waals surface area (Å²) in [7, 11) is 0. The van der Waals surface area contributed by atoms with Crippen LogP contribution < -0.4 is 4.72 Å². The van der Waals surface area contributed by atoms with Crippen LogP contribution in [0.25, 0.3) is 0 Å². The maximum absolute atomic E-state index is 10.0. The van der Waals surface area contributed by atoms with Crippen LogP contribution in [0.5, 0.6) is 0 Å². The van der Waals surface area contributed by atoms with Crippen LogP contribution in [-0.4, -0.2) is 17.4 Å². The first-order chi connectivity index (χ1) is 2.77. The van der Waals surface area contributed by atoms with Gasteiger partial charge in [0, 0.05) is 17.9 Å². The maximum atomic E-state index is 10.0.